The molecule has 0 fully saturated rings. The van der Waals surface area contributed by atoms with E-state index < -0.39 is 40.4 Å². The van der Waals surface area contributed by atoms with Crippen molar-refractivity contribution in [2.24, 2.45) is 0 Å². The molecule has 0 atom stereocenters. The molecule has 3 aromatic rings. The van der Waals surface area contributed by atoms with E-state index in [0.717, 1.165) is 13.3 Å². The van der Waals surface area contributed by atoms with E-state index in [0.29, 0.717) is 0 Å². The van der Waals surface area contributed by atoms with Gasteiger partial charge in [-0.1, -0.05) is 11.6 Å². The molecular formula is C14H11ClF3N5O4S. The molecule has 0 bridgehead atoms. The van der Waals surface area contributed by atoms with Crippen LogP contribution in [-0.2, 0) is 10.0 Å². The summed E-state index contributed by atoms with van der Waals surface area (Å²) < 4.78 is 74.5. The Labute approximate surface area is 160 Å². The smallest absolute Gasteiger partial charge is 0.427 e. The zero-order valence-electron chi connectivity index (χ0n) is 13.9. The molecule has 9 nitrogen and oxygen atoms in total. The average molecular weight is 438 g/mol. The van der Waals surface area contributed by atoms with E-state index in [1.807, 2.05) is 0 Å². The summed E-state index contributed by atoms with van der Waals surface area (Å²) in [6.45, 7) is -2.08. The molecule has 0 amide bonds. The minimum absolute atomic E-state index is 0.167. The van der Waals surface area contributed by atoms with E-state index in [1.54, 1.807) is 0 Å². The summed E-state index contributed by atoms with van der Waals surface area (Å²) in [5.41, 5.74) is 0.239. The Morgan fingerprint density at radius 3 is 2.75 bits per heavy atom. The maximum atomic E-state index is 13.1. The number of pyridine rings is 1. The number of methoxy groups -OCH3 is 1. The van der Waals surface area contributed by atoms with Crippen molar-refractivity contribution in [1.82, 2.24) is 19.9 Å². The SMILES string of the molecule is COc1nc(NS(=O)(=O)c2c[nH]c3nc(Cl)ccc23)ncc1OC(F)(F)CF. The van der Waals surface area contributed by atoms with Crippen molar-refractivity contribution < 1.29 is 31.1 Å². The van der Waals surface area contributed by atoms with Crippen LogP contribution in [0.5, 0.6) is 11.6 Å². The monoisotopic (exact) mass is 437 g/mol. The van der Waals surface area contributed by atoms with E-state index in [4.69, 9.17) is 16.3 Å². The number of aromatic nitrogens is 4. The van der Waals surface area contributed by atoms with Crippen LogP contribution in [0.4, 0.5) is 19.1 Å². The fourth-order valence-electron chi connectivity index (χ4n) is 2.16. The molecule has 0 aliphatic heterocycles. The number of rotatable bonds is 7. The number of hydrogen-bond donors (Lipinski definition) is 2. The molecule has 0 unspecified atom stereocenters. The Kier molecular flexibility index (Phi) is 5.21. The number of aromatic amines is 1. The zero-order chi connectivity index (χ0) is 20.5. The number of hydrogen-bond acceptors (Lipinski definition) is 7. The van der Waals surface area contributed by atoms with Crippen molar-refractivity contribution in [1.29, 1.82) is 0 Å². The van der Waals surface area contributed by atoms with Gasteiger partial charge in [0, 0.05) is 11.6 Å². The normalized spacial score (nSPS) is 12.2. The Morgan fingerprint density at radius 1 is 1.32 bits per heavy atom. The summed E-state index contributed by atoms with van der Waals surface area (Å²) in [6.07, 6.45) is -2.20. The first-order valence-electron chi connectivity index (χ1n) is 7.35. The maximum Gasteiger partial charge on any atom is 0.427 e. The molecule has 3 aromatic heterocycles. The lowest BCUT2D eigenvalue weighted by Gasteiger charge is -2.16. The standard InChI is InChI=1S/C14H11ClF3N5O4S/c1-26-12-8(27-14(17,18)6-16)4-20-13(22-12)23-28(24,25)9-5-19-11-7(9)2-3-10(15)21-11/h2-5H,6H2,1H3,(H,19,21)(H,20,22,23). The number of anilines is 1. The number of nitrogens with one attached hydrogen (secondary N) is 2. The Bertz CT molecular complexity index is 1130. The molecular weight excluding hydrogens is 427 g/mol. The molecule has 0 aromatic carbocycles. The number of halogens is 4. The second kappa shape index (κ2) is 7.31. The van der Waals surface area contributed by atoms with Crippen molar-refractivity contribution in [3.05, 3.63) is 29.7 Å². The van der Waals surface area contributed by atoms with Crippen LogP contribution < -0.4 is 14.2 Å². The number of sulfonamides is 1. The molecule has 0 saturated heterocycles. The molecule has 0 spiro atoms. The second-order valence-corrected chi connectivity index (χ2v) is 7.27. The largest absolute Gasteiger partial charge is 0.478 e. The fraction of sp³-hybridized carbons (Fsp3) is 0.214. The number of fused-ring (bicyclic) bond motifs is 1. The molecule has 3 rings (SSSR count). The van der Waals surface area contributed by atoms with Crippen LogP contribution in [0, 0.1) is 0 Å². The highest BCUT2D eigenvalue weighted by Crippen LogP contribution is 2.31. The molecule has 150 valence electrons. The van der Waals surface area contributed by atoms with Crippen LogP contribution >= 0.6 is 11.6 Å². The van der Waals surface area contributed by atoms with Gasteiger partial charge in [0.2, 0.25) is 11.7 Å². The van der Waals surface area contributed by atoms with Crippen LogP contribution in [0.15, 0.2) is 29.4 Å². The third kappa shape index (κ3) is 4.04. The van der Waals surface area contributed by atoms with Crippen LogP contribution in [0.2, 0.25) is 5.15 Å². The number of H-pyrrole nitrogens is 1. The first kappa shape index (κ1) is 19.9. The lowest BCUT2D eigenvalue weighted by Crippen LogP contribution is -2.27. The molecule has 2 N–H and O–H groups in total. The van der Waals surface area contributed by atoms with Gasteiger partial charge in [-0.15, -0.1) is 0 Å². The van der Waals surface area contributed by atoms with Gasteiger partial charge < -0.3 is 14.5 Å². The minimum Gasteiger partial charge on any atom is -0.478 e. The summed E-state index contributed by atoms with van der Waals surface area (Å²) in [6, 6.07) is 2.86. The predicted molar refractivity (Wildman–Crippen MR) is 92.0 cm³/mol. The average Bonchev–Trinajstić information content (AvgIpc) is 3.06. The van der Waals surface area contributed by atoms with Crippen molar-refractivity contribution in [3.8, 4) is 11.6 Å². The summed E-state index contributed by atoms with van der Waals surface area (Å²) in [7, 11) is -3.10. The lowest BCUT2D eigenvalue weighted by atomic mass is 10.3. The zero-order valence-corrected chi connectivity index (χ0v) is 15.5. The number of nitrogens with zero attached hydrogens (tertiary/aromatic N) is 3. The lowest BCUT2D eigenvalue weighted by molar-refractivity contribution is -0.187. The Morgan fingerprint density at radius 2 is 2.07 bits per heavy atom. The van der Waals surface area contributed by atoms with Crippen LogP contribution in [0.1, 0.15) is 0 Å². The molecule has 3 heterocycles. The molecule has 0 aliphatic carbocycles. The molecule has 0 radical (unpaired) electrons. The van der Waals surface area contributed by atoms with Crippen LogP contribution in [0.25, 0.3) is 11.0 Å². The second-order valence-electron chi connectivity index (χ2n) is 5.23. The van der Waals surface area contributed by atoms with Gasteiger partial charge >= 0.3 is 6.11 Å². The quantitative estimate of drug-likeness (QED) is 0.545. The Balaban J connectivity index is 1.91. The van der Waals surface area contributed by atoms with E-state index in [2.05, 4.69) is 29.4 Å². The molecule has 14 heteroatoms. The third-order valence-corrected chi connectivity index (χ3v) is 4.89. The molecule has 28 heavy (non-hydrogen) atoms. The van der Waals surface area contributed by atoms with Gasteiger partial charge in [0.05, 0.1) is 13.3 Å². The van der Waals surface area contributed by atoms with E-state index >= 15 is 0 Å². The summed E-state index contributed by atoms with van der Waals surface area (Å²) in [5, 5.41) is 0.423. The van der Waals surface area contributed by atoms with Crippen molar-refractivity contribution in [2.75, 3.05) is 18.5 Å². The fourth-order valence-corrected chi connectivity index (χ4v) is 3.43. The van der Waals surface area contributed by atoms with Gasteiger partial charge in [-0.05, 0) is 12.1 Å². The highest BCUT2D eigenvalue weighted by atomic mass is 35.5. The minimum atomic E-state index is -4.18. The predicted octanol–water partition coefficient (Wildman–Crippen LogP) is 2.76. The van der Waals surface area contributed by atoms with E-state index in [9.17, 15) is 21.6 Å². The summed E-state index contributed by atoms with van der Waals surface area (Å²) in [4.78, 5) is 13.7. The van der Waals surface area contributed by atoms with Gasteiger partial charge in [-0.25, -0.2) is 27.5 Å². The van der Waals surface area contributed by atoms with E-state index in [1.165, 1.54) is 18.3 Å². The molecule has 0 aliphatic rings. The van der Waals surface area contributed by atoms with Crippen LogP contribution in [0.3, 0.4) is 0 Å². The number of alkyl halides is 3. The highest BCUT2D eigenvalue weighted by Gasteiger charge is 2.33. The van der Waals surface area contributed by atoms with Gasteiger partial charge in [0.1, 0.15) is 15.7 Å². The van der Waals surface area contributed by atoms with Crippen LogP contribution in [-0.4, -0.2) is 48.2 Å². The Hall–Kier alpha value is -2.80. The summed E-state index contributed by atoms with van der Waals surface area (Å²) >= 11 is 5.76. The topological polar surface area (TPSA) is 119 Å². The van der Waals surface area contributed by atoms with Crippen molar-refractivity contribution >= 4 is 38.6 Å². The highest BCUT2D eigenvalue weighted by molar-refractivity contribution is 7.93. The van der Waals surface area contributed by atoms with Gasteiger partial charge in [-0.3, -0.25) is 0 Å². The maximum absolute atomic E-state index is 13.1. The van der Waals surface area contributed by atoms with Crippen molar-refractivity contribution in [2.45, 2.75) is 11.0 Å². The number of ether oxygens (including phenoxy) is 2. The summed E-state index contributed by atoms with van der Waals surface area (Å²) in [5.74, 6) is -1.67. The first-order valence-corrected chi connectivity index (χ1v) is 9.21. The first-order chi connectivity index (χ1) is 13.1. The molecule has 0 saturated carbocycles. The van der Waals surface area contributed by atoms with Gasteiger partial charge in [0.15, 0.2) is 6.67 Å². The van der Waals surface area contributed by atoms with Gasteiger partial charge in [0.25, 0.3) is 15.9 Å². The van der Waals surface area contributed by atoms with Crippen molar-refractivity contribution in [3.63, 3.8) is 0 Å². The third-order valence-electron chi connectivity index (χ3n) is 3.31. The van der Waals surface area contributed by atoms with E-state index in [-0.39, 0.29) is 21.1 Å². The van der Waals surface area contributed by atoms with Gasteiger partial charge in [-0.2, -0.15) is 13.8 Å².